The van der Waals surface area contributed by atoms with Gasteiger partial charge in [-0.3, -0.25) is 9.79 Å². The average molecular weight is 375 g/mol. The number of guanidine groups is 1. The lowest BCUT2D eigenvalue weighted by molar-refractivity contribution is -0.121. The van der Waals surface area contributed by atoms with Gasteiger partial charge in [-0.15, -0.1) is 0 Å². The largest absolute Gasteiger partial charge is 0.450 e. The Hall–Kier alpha value is -2.77. The molecule has 0 unspecified atom stereocenters. The van der Waals surface area contributed by atoms with E-state index in [0.29, 0.717) is 38.7 Å². The number of carbonyl (C=O) groups is 2. The molecule has 0 spiro atoms. The summed E-state index contributed by atoms with van der Waals surface area (Å²) in [7, 11) is 0. The van der Waals surface area contributed by atoms with E-state index in [-0.39, 0.29) is 24.5 Å². The molecule has 2 amide bonds. The van der Waals surface area contributed by atoms with Crippen LogP contribution in [0.5, 0.6) is 0 Å². The Labute approximate surface area is 160 Å². The van der Waals surface area contributed by atoms with Crippen molar-refractivity contribution in [2.24, 2.45) is 10.7 Å². The number of benzene rings is 1. The van der Waals surface area contributed by atoms with Gasteiger partial charge in [0.25, 0.3) is 0 Å². The number of hydrogen-bond donors (Lipinski definition) is 3. The van der Waals surface area contributed by atoms with Gasteiger partial charge < -0.3 is 26.0 Å². The Morgan fingerprint density at radius 1 is 1.26 bits per heavy atom. The molecule has 8 nitrogen and oxygen atoms in total. The number of carbonyl (C=O) groups excluding carboxylic acids is 2. The fourth-order valence-corrected chi connectivity index (χ4v) is 2.84. The van der Waals surface area contributed by atoms with Crippen molar-refractivity contribution in [3.63, 3.8) is 0 Å². The topological polar surface area (TPSA) is 109 Å². The second kappa shape index (κ2) is 11.1. The summed E-state index contributed by atoms with van der Waals surface area (Å²) in [4.78, 5) is 29.4. The van der Waals surface area contributed by atoms with Crippen molar-refractivity contribution in [1.82, 2.24) is 15.5 Å². The predicted molar refractivity (Wildman–Crippen MR) is 104 cm³/mol. The van der Waals surface area contributed by atoms with Gasteiger partial charge in [-0.25, -0.2) is 4.79 Å². The first kappa shape index (κ1) is 20.5. The van der Waals surface area contributed by atoms with Crippen molar-refractivity contribution in [2.45, 2.75) is 38.8 Å². The minimum absolute atomic E-state index is 0.0573. The van der Waals surface area contributed by atoms with E-state index in [1.807, 2.05) is 30.3 Å². The first-order valence-electron chi connectivity index (χ1n) is 9.37. The maximum Gasteiger partial charge on any atom is 0.409 e. The van der Waals surface area contributed by atoms with Gasteiger partial charge in [0.2, 0.25) is 5.91 Å². The fourth-order valence-electron chi connectivity index (χ4n) is 2.84. The van der Waals surface area contributed by atoms with E-state index in [0.717, 1.165) is 18.4 Å². The third-order valence-corrected chi connectivity index (χ3v) is 4.33. The molecular formula is C19H29N5O3. The van der Waals surface area contributed by atoms with Gasteiger partial charge in [-0.2, -0.15) is 0 Å². The highest BCUT2D eigenvalue weighted by Gasteiger charge is 2.23. The lowest BCUT2D eigenvalue weighted by Gasteiger charge is -2.31. The molecular weight excluding hydrogens is 346 g/mol. The number of nitrogens with two attached hydrogens (primary N) is 1. The van der Waals surface area contributed by atoms with Gasteiger partial charge >= 0.3 is 6.09 Å². The van der Waals surface area contributed by atoms with Gasteiger partial charge in [0, 0.05) is 32.1 Å². The molecule has 1 aliphatic rings. The molecule has 1 heterocycles. The second-order valence-electron chi connectivity index (χ2n) is 6.38. The summed E-state index contributed by atoms with van der Waals surface area (Å²) >= 11 is 0. The summed E-state index contributed by atoms with van der Waals surface area (Å²) in [5.41, 5.74) is 6.96. The van der Waals surface area contributed by atoms with Gasteiger partial charge in [0.05, 0.1) is 13.2 Å². The van der Waals surface area contributed by atoms with Crippen LogP contribution in [0.25, 0.3) is 0 Å². The molecule has 1 aliphatic heterocycles. The van der Waals surface area contributed by atoms with E-state index in [4.69, 9.17) is 10.5 Å². The molecule has 1 saturated heterocycles. The molecule has 1 fully saturated rings. The van der Waals surface area contributed by atoms with E-state index < -0.39 is 0 Å². The van der Waals surface area contributed by atoms with Crippen molar-refractivity contribution >= 4 is 18.0 Å². The number of aliphatic imine (C=N–C) groups is 1. The van der Waals surface area contributed by atoms with E-state index in [9.17, 15) is 9.59 Å². The number of piperidine rings is 1. The number of rotatable bonds is 7. The van der Waals surface area contributed by atoms with Crippen molar-refractivity contribution in [3.8, 4) is 0 Å². The first-order chi connectivity index (χ1) is 13.1. The van der Waals surface area contributed by atoms with Crippen LogP contribution in [0.2, 0.25) is 0 Å². The molecule has 0 atom stereocenters. The third kappa shape index (κ3) is 7.55. The van der Waals surface area contributed by atoms with Crippen LogP contribution in [0.15, 0.2) is 35.3 Å². The Balaban J connectivity index is 1.62. The Bertz CT molecular complexity index is 627. The zero-order valence-electron chi connectivity index (χ0n) is 15.8. The van der Waals surface area contributed by atoms with Crippen molar-refractivity contribution in [3.05, 3.63) is 35.9 Å². The highest BCUT2D eigenvalue weighted by molar-refractivity contribution is 5.79. The molecule has 1 aromatic rings. The zero-order chi connectivity index (χ0) is 19.5. The lowest BCUT2D eigenvalue weighted by atomic mass is 10.1. The molecule has 0 saturated carbocycles. The molecule has 0 aliphatic carbocycles. The third-order valence-electron chi connectivity index (χ3n) is 4.33. The molecule has 8 heteroatoms. The SMILES string of the molecule is CCOC(=O)N1CCC(NC(N)=NCCC(=O)NCc2ccccc2)CC1. The van der Waals surface area contributed by atoms with Crippen LogP contribution < -0.4 is 16.4 Å². The molecule has 4 N–H and O–H groups in total. The summed E-state index contributed by atoms with van der Waals surface area (Å²) in [6.07, 6.45) is 1.59. The lowest BCUT2D eigenvalue weighted by Crippen LogP contribution is -2.48. The minimum Gasteiger partial charge on any atom is -0.450 e. The van der Waals surface area contributed by atoms with Crippen LogP contribution in [0.3, 0.4) is 0 Å². The number of nitrogens with zero attached hydrogens (tertiary/aromatic N) is 2. The number of nitrogens with one attached hydrogen (secondary N) is 2. The quantitative estimate of drug-likeness (QED) is 0.490. The van der Waals surface area contributed by atoms with E-state index >= 15 is 0 Å². The number of hydrogen-bond acceptors (Lipinski definition) is 4. The maximum absolute atomic E-state index is 11.9. The summed E-state index contributed by atoms with van der Waals surface area (Å²) in [6, 6.07) is 9.92. The standard InChI is InChI=1S/C19H29N5O3/c1-2-27-19(26)24-12-9-16(10-13-24)23-18(20)21-11-8-17(25)22-14-15-6-4-3-5-7-15/h3-7,16H,2,8-14H2,1H3,(H,22,25)(H3,20,21,23). The molecule has 1 aromatic carbocycles. The van der Waals surface area contributed by atoms with Gasteiger partial charge in [-0.1, -0.05) is 30.3 Å². The molecule has 0 radical (unpaired) electrons. The van der Waals surface area contributed by atoms with Crippen LogP contribution in [0, 0.1) is 0 Å². The summed E-state index contributed by atoms with van der Waals surface area (Å²) in [5, 5.41) is 6.02. The van der Waals surface area contributed by atoms with Crippen LogP contribution in [-0.2, 0) is 16.1 Å². The summed E-state index contributed by atoms with van der Waals surface area (Å²) < 4.78 is 5.00. The van der Waals surface area contributed by atoms with Crippen molar-refractivity contribution in [1.29, 1.82) is 0 Å². The predicted octanol–water partition coefficient (Wildman–Crippen LogP) is 1.22. The fraction of sp³-hybridized carbons (Fsp3) is 0.526. The number of ether oxygens (including phenoxy) is 1. The number of amides is 2. The average Bonchev–Trinajstić information content (AvgIpc) is 2.68. The molecule has 2 rings (SSSR count). The first-order valence-corrected chi connectivity index (χ1v) is 9.37. The molecule has 27 heavy (non-hydrogen) atoms. The highest BCUT2D eigenvalue weighted by atomic mass is 16.6. The smallest absolute Gasteiger partial charge is 0.409 e. The maximum atomic E-state index is 11.9. The summed E-state index contributed by atoms with van der Waals surface area (Å²) in [5.74, 6) is 0.276. The van der Waals surface area contributed by atoms with Gasteiger partial charge in [0.1, 0.15) is 0 Å². The van der Waals surface area contributed by atoms with Crippen LogP contribution in [0.4, 0.5) is 4.79 Å². The zero-order valence-corrected chi connectivity index (χ0v) is 15.8. The minimum atomic E-state index is -0.265. The van der Waals surface area contributed by atoms with Gasteiger partial charge in [0.15, 0.2) is 5.96 Å². The monoisotopic (exact) mass is 375 g/mol. The van der Waals surface area contributed by atoms with E-state index in [1.54, 1.807) is 11.8 Å². The van der Waals surface area contributed by atoms with Crippen LogP contribution in [0.1, 0.15) is 31.7 Å². The normalized spacial score (nSPS) is 15.3. The summed E-state index contributed by atoms with van der Waals surface area (Å²) in [6.45, 7) is 4.29. The van der Waals surface area contributed by atoms with E-state index in [2.05, 4.69) is 15.6 Å². The molecule has 0 bridgehead atoms. The van der Waals surface area contributed by atoms with Crippen molar-refractivity contribution in [2.75, 3.05) is 26.2 Å². The Morgan fingerprint density at radius 2 is 1.96 bits per heavy atom. The van der Waals surface area contributed by atoms with E-state index in [1.165, 1.54) is 0 Å². The van der Waals surface area contributed by atoms with Crippen molar-refractivity contribution < 1.29 is 14.3 Å². The second-order valence-corrected chi connectivity index (χ2v) is 6.38. The molecule has 148 valence electrons. The van der Waals surface area contributed by atoms with Gasteiger partial charge in [-0.05, 0) is 25.3 Å². The molecule has 0 aromatic heterocycles. The van der Waals surface area contributed by atoms with Crippen LogP contribution in [-0.4, -0.2) is 55.1 Å². The van der Waals surface area contributed by atoms with Crippen LogP contribution >= 0.6 is 0 Å². The number of likely N-dealkylation sites (tertiary alicyclic amines) is 1. The Morgan fingerprint density at radius 3 is 2.63 bits per heavy atom. The Kier molecular flexibility index (Phi) is 8.41. The highest BCUT2D eigenvalue weighted by Crippen LogP contribution is 2.11.